The minimum atomic E-state index is -2.24. The van der Waals surface area contributed by atoms with E-state index in [1.54, 1.807) is 27.0 Å². The maximum atomic E-state index is 14.3. The predicted octanol–water partition coefficient (Wildman–Crippen LogP) is 3.96. The van der Waals surface area contributed by atoms with Gasteiger partial charge in [-0.15, -0.1) is 0 Å². The van der Waals surface area contributed by atoms with Crippen molar-refractivity contribution in [1.29, 1.82) is 0 Å². The summed E-state index contributed by atoms with van der Waals surface area (Å²) in [6.07, 6.45) is 8.01. The Hall–Kier alpha value is -4.15. The summed E-state index contributed by atoms with van der Waals surface area (Å²) in [5.74, 6) is -2.48. The first-order valence-corrected chi connectivity index (χ1v) is 15.0. The molecule has 1 saturated carbocycles. The van der Waals surface area contributed by atoms with Gasteiger partial charge in [0.1, 0.15) is 17.7 Å². The zero-order chi connectivity index (χ0) is 30.8. The highest BCUT2D eigenvalue weighted by molar-refractivity contribution is 6.10. The number of hydrogen-bond donors (Lipinski definition) is 3. The van der Waals surface area contributed by atoms with E-state index in [0.29, 0.717) is 12.8 Å². The van der Waals surface area contributed by atoms with Crippen LogP contribution in [0.15, 0.2) is 48.7 Å². The number of amides is 3. The first-order chi connectivity index (χ1) is 20.5. The topological polar surface area (TPSA) is 147 Å². The lowest BCUT2D eigenvalue weighted by molar-refractivity contribution is -0.163. The number of nitrogens with one attached hydrogen (secondary N) is 2. The molecule has 5 unspecified atom stereocenters. The molecular weight excluding hydrogens is 552 g/mol. The summed E-state index contributed by atoms with van der Waals surface area (Å²) in [7, 11) is 0. The summed E-state index contributed by atoms with van der Waals surface area (Å²) in [6, 6.07) is 8.02. The Kier molecular flexibility index (Phi) is 8.62. The molecular formula is C32H40N4O7. The lowest BCUT2D eigenvalue weighted by atomic mass is 9.92. The largest absolute Gasteiger partial charge is 0.479 e. The van der Waals surface area contributed by atoms with Crippen molar-refractivity contribution in [2.75, 3.05) is 6.54 Å². The molecule has 11 heteroatoms. The van der Waals surface area contributed by atoms with Crippen LogP contribution in [-0.2, 0) is 19.1 Å². The van der Waals surface area contributed by atoms with E-state index >= 15 is 0 Å². The van der Waals surface area contributed by atoms with Crippen LogP contribution in [0.1, 0.15) is 65.7 Å². The highest BCUT2D eigenvalue weighted by Gasteiger charge is 2.61. The third kappa shape index (κ3) is 6.76. The number of aliphatic carboxylic acids is 1. The Morgan fingerprint density at radius 1 is 1.14 bits per heavy atom. The number of fused-ring (bicyclic) bond motifs is 3. The van der Waals surface area contributed by atoms with Gasteiger partial charge in [0.2, 0.25) is 17.3 Å². The SMILES string of the molecule is CC(C)(C)OC(=O)NC1CCCCCC=CC2CC2NC(=O)C2(C(=O)O)CC(Oc3nccc4ccccc34)CN2C1=O. The van der Waals surface area contributed by atoms with Gasteiger partial charge in [0.15, 0.2) is 0 Å². The number of allylic oxidation sites excluding steroid dienone is 1. The van der Waals surface area contributed by atoms with Gasteiger partial charge in [-0.05, 0) is 69.9 Å². The number of aromatic nitrogens is 1. The third-order valence-corrected chi connectivity index (χ3v) is 8.17. The van der Waals surface area contributed by atoms with E-state index in [9.17, 15) is 24.3 Å². The van der Waals surface area contributed by atoms with Crippen LogP contribution in [0.25, 0.3) is 10.8 Å². The Morgan fingerprint density at radius 2 is 1.93 bits per heavy atom. The monoisotopic (exact) mass is 592 g/mol. The minimum Gasteiger partial charge on any atom is -0.479 e. The lowest BCUT2D eigenvalue weighted by Crippen LogP contribution is -2.65. The van der Waals surface area contributed by atoms with Crippen LogP contribution in [0.5, 0.6) is 5.88 Å². The molecule has 230 valence electrons. The second-order valence-corrected chi connectivity index (χ2v) is 12.6. The minimum absolute atomic E-state index is 0.124. The average molecular weight is 593 g/mol. The number of carboxylic acids is 1. The second kappa shape index (κ2) is 12.2. The predicted molar refractivity (Wildman–Crippen MR) is 158 cm³/mol. The molecule has 1 aromatic carbocycles. The maximum Gasteiger partial charge on any atom is 0.408 e. The number of alkyl carbamates (subject to hydrolysis) is 1. The highest BCUT2D eigenvalue weighted by Crippen LogP contribution is 2.38. The molecule has 5 rings (SSSR count). The van der Waals surface area contributed by atoms with Crippen molar-refractivity contribution in [3.63, 3.8) is 0 Å². The molecule has 2 aromatic rings. The Morgan fingerprint density at radius 3 is 2.70 bits per heavy atom. The molecule has 1 aliphatic carbocycles. The van der Waals surface area contributed by atoms with Gasteiger partial charge in [-0.25, -0.2) is 14.6 Å². The van der Waals surface area contributed by atoms with Crippen LogP contribution in [-0.4, -0.2) is 74.7 Å². The van der Waals surface area contributed by atoms with Gasteiger partial charge in [0, 0.05) is 24.0 Å². The first-order valence-electron chi connectivity index (χ1n) is 15.0. The second-order valence-electron chi connectivity index (χ2n) is 12.6. The van der Waals surface area contributed by atoms with E-state index in [0.717, 1.165) is 34.9 Å². The fraction of sp³-hybridized carbons (Fsp3) is 0.531. The van der Waals surface area contributed by atoms with Crippen molar-refractivity contribution < 1.29 is 33.8 Å². The quantitative estimate of drug-likeness (QED) is 0.357. The standard InChI is InChI=1S/C32H40N4O7/c1-31(2,3)43-30(41)35-24-14-8-6-4-5-7-12-21-17-25(21)34-28(38)32(29(39)40)18-22(19-36(32)27(24)37)42-26-23-13-10-9-11-20(23)15-16-33-26/h7,9-13,15-16,21-22,24-25H,4-6,8,14,17-19H2,1-3H3,(H,34,38)(H,35,41)(H,39,40). The van der Waals surface area contributed by atoms with Gasteiger partial charge in [-0.2, -0.15) is 0 Å². The van der Waals surface area contributed by atoms with Crippen LogP contribution in [0.3, 0.4) is 0 Å². The molecule has 43 heavy (non-hydrogen) atoms. The van der Waals surface area contributed by atoms with Crippen molar-refractivity contribution >= 4 is 34.6 Å². The van der Waals surface area contributed by atoms with Crippen molar-refractivity contribution in [2.24, 2.45) is 5.92 Å². The zero-order valence-corrected chi connectivity index (χ0v) is 24.9. The number of carbonyl (C=O) groups is 4. The Bertz CT molecular complexity index is 1410. The summed E-state index contributed by atoms with van der Waals surface area (Å²) in [6.45, 7) is 4.97. The van der Waals surface area contributed by atoms with Crippen molar-refractivity contribution in [3.05, 3.63) is 48.7 Å². The summed E-state index contributed by atoms with van der Waals surface area (Å²) in [5, 5.41) is 17.8. The molecule has 5 atom stereocenters. The zero-order valence-electron chi connectivity index (χ0n) is 24.9. The number of pyridine rings is 1. The number of nitrogens with zero attached hydrogens (tertiary/aromatic N) is 2. The summed E-state index contributed by atoms with van der Waals surface area (Å²) >= 11 is 0. The van der Waals surface area contributed by atoms with Crippen LogP contribution in [0.4, 0.5) is 4.79 Å². The summed E-state index contributed by atoms with van der Waals surface area (Å²) in [5.41, 5.74) is -3.04. The maximum absolute atomic E-state index is 14.3. The molecule has 2 fully saturated rings. The number of benzene rings is 1. The van der Waals surface area contributed by atoms with Crippen LogP contribution in [0, 0.1) is 5.92 Å². The molecule has 0 spiro atoms. The van der Waals surface area contributed by atoms with Gasteiger partial charge >= 0.3 is 12.1 Å². The van der Waals surface area contributed by atoms with Crippen LogP contribution in [0.2, 0.25) is 0 Å². The normalized spacial score (nSPS) is 28.1. The molecule has 0 bridgehead atoms. The van der Waals surface area contributed by atoms with E-state index in [1.165, 1.54) is 0 Å². The van der Waals surface area contributed by atoms with Crippen molar-refractivity contribution in [3.8, 4) is 5.88 Å². The van der Waals surface area contributed by atoms with Crippen molar-refractivity contribution in [1.82, 2.24) is 20.5 Å². The Labute approximate surface area is 251 Å². The van der Waals surface area contributed by atoms with Gasteiger partial charge in [0.05, 0.1) is 6.54 Å². The third-order valence-electron chi connectivity index (χ3n) is 8.17. The lowest BCUT2D eigenvalue weighted by Gasteiger charge is -2.35. The van der Waals surface area contributed by atoms with E-state index in [-0.39, 0.29) is 37.2 Å². The summed E-state index contributed by atoms with van der Waals surface area (Å²) in [4.78, 5) is 59.5. The van der Waals surface area contributed by atoms with Gasteiger partial charge in [-0.3, -0.25) is 9.59 Å². The molecule has 0 radical (unpaired) electrons. The fourth-order valence-corrected chi connectivity index (χ4v) is 5.91. The number of carbonyl (C=O) groups excluding carboxylic acids is 3. The van der Waals surface area contributed by atoms with Crippen LogP contribution >= 0.6 is 0 Å². The average Bonchev–Trinajstić information content (AvgIpc) is 3.55. The molecule has 1 saturated heterocycles. The number of ether oxygens (including phenoxy) is 2. The van der Waals surface area contributed by atoms with E-state index in [2.05, 4.69) is 27.8 Å². The molecule has 3 N–H and O–H groups in total. The number of rotatable bonds is 4. The summed E-state index contributed by atoms with van der Waals surface area (Å²) < 4.78 is 11.7. The fourth-order valence-electron chi connectivity index (χ4n) is 5.91. The van der Waals surface area contributed by atoms with Gasteiger partial charge in [-0.1, -0.05) is 43.2 Å². The Balaban J connectivity index is 1.49. The number of carboxylic acid groups (broad SMARTS) is 1. The molecule has 3 amide bonds. The van der Waals surface area contributed by atoms with Gasteiger partial charge in [0.25, 0.3) is 5.91 Å². The first kappa shape index (κ1) is 30.3. The molecule has 3 aliphatic rings. The van der Waals surface area contributed by atoms with Crippen molar-refractivity contribution in [2.45, 2.75) is 95.0 Å². The van der Waals surface area contributed by atoms with Crippen LogP contribution < -0.4 is 15.4 Å². The molecule has 2 aliphatic heterocycles. The molecule has 11 nitrogen and oxygen atoms in total. The highest BCUT2D eigenvalue weighted by atomic mass is 16.6. The number of hydrogen-bond acceptors (Lipinski definition) is 7. The smallest absolute Gasteiger partial charge is 0.408 e. The molecule has 3 heterocycles. The van der Waals surface area contributed by atoms with E-state index in [4.69, 9.17) is 9.47 Å². The molecule has 1 aromatic heterocycles. The van der Waals surface area contributed by atoms with E-state index in [1.807, 2.05) is 30.3 Å². The van der Waals surface area contributed by atoms with E-state index < -0.39 is 47.2 Å². The van der Waals surface area contributed by atoms with Gasteiger partial charge < -0.3 is 30.1 Å².